The minimum Gasteiger partial charge on any atom is -0.364 e. The molecule has 0 aliphatic heterocycles. The maximum Gasteiger partial charge on any atom is 0.0448 e. The molecule has 0 bridgehead atoms. The van der Waals surface area contributed by atoms with Crippen molar-refractivity contribution in [2.75, 3.05) is 0 Å². The second-order valence-corrected chi connectivity index (χ2v) is 4.26. The second kappa shape index (κ2) is 3.94. The Morgan fingerprint density at radius 2 is 2.23 bits per heavy atom. The van der Waals surface area contributed by atoms with Crippen LogP contribution in [0.15, 0.2) is 18.3 Å². The summed E-state index contributed by atoms with van der Waals surface area (Å²) in [5.74, 6) is 0. The molecular formula is C10H19N3. The molecule has 0 aromatic carbocycles. The van der Waals surface area contributed by atoms with E-state index in [2.05, 4.69) is 4.98 Å². The SMILES string of the molecule is CC(C)(N)CCC(N)c1ccc[nH]1. The zero-order chi connectivity index (χ0) is 9.90. The summed E-state index contributed by atoms with van der Waals surface area (Å²) in [6, 6.07) is 4.05. The highest BCUT2D eigenvalue weighted by molar-refractivity contribution is 5.08. The minimum absolute atomic E-state index is 0.0813. The first kappa shape index (κ1) is 10.3. The molecular weight excluding hydrogens is 162 g/mol. The summed E-state index contributed by atoms with van der Waals surface area (Å²) in [6.07, 6.45) is 3.75. The molecule has 1 atom stereocenters. The number of rotatable bonds is 4. The van der Waals surface area contributed by atoms with E-state index < -0.39 is 0 Å². The third-order valence-electron chi connectivity index (χ3n) is 2.12. The van der Waals surface area contributed by atoms with Gasteiger partial charge in [0, 0.05) is 23.5 Å². The molecule has 0 aliphatic carbocycles. The van der Waals surface area contributed by atoms with Crippen molar-refractivity contribution in [3.05, 3.63) is 24.0 Å². The van der Waals surface area contributed by atoms with Crippen LogP contribution in [-0.4, -0.2) is 10.5 Å². The zero-order valence-electron chi connectivity index (χ0n) is 8.38. The lowest BCUT2D eigenvalue weighted by atomic mass is 9.96. The van der Waals surface area contributed by atoms with Gasteiger partial charge in [0.2, 0.25) is 0 Å². The average molecular weight is 181 g/mol. The van der Waals surface area contributed by atoms with E-state index in [1.165, 1.54) is 0 Å². The van der Waals surface area contributed by atoms with Crippen LogP contribution in [0.1, 0.15) is 38.4 Å². The zero-order valence-corrected chi connectivity index (χ0v) is 8.38. The van der Waals surface area contributed by atoms with Gasteiger partial charge in [-0.05, 0) is 38.8 Å². The first-order chi connectivity index (χ1) is 5.99. The Hall–Kier alpha value is -0.800. The van der Waals surface area contributed by atoms with E-state index in [0.717, 1.165) is 18.5 Å². The summed E-state index contributed by atoms with van der Waals surface area (Å²) in [5.41, 5.74) is 12.8. The van der Waals surface area contributed by atoms with Gasteiger partial charge in [-0.15, -0.1) is 0 Å². The summed E-state index contributed by atoms with van der Waals surface area (Å²) in [7, 11) is 0. The number of aromatic nitrogens is 1. The summed E-state index contributed by atoms with van der Waals surface area (Å²) >= 11 is 0. The molecule has 1 heterocycles. The summed E-state index contributed by atoms with van der Waals surface area (Å²) in [4.78, 5) is 3.11. The van der Waals surface area contributed by atoms with Gasteiger partial charge in [0.25, 0.3) is 0 Å². The van der Waals surface area contributed by atoms with Crippen LogP contribution < -0.4 is 11.5 Å². The number of H-pyrrole nitrogens is 1. The van der Waals surface area contributed by atoms with E-state index in [1.807, 2.05) is 32.2 Å². The van der Waals surface area contributed by atoms with Crippen LogP contribution in [-0.2, 0) is 0 Å². The van der Waals surface area contributed by atoms with E-state index in [0.29, 0.717) is 0 Å². The first-order valence-corrected chi connectivity index (χ1v) is 4.67. The smallest absolute Gasteiger partial charge is 0.0448 e. The Kier molecular flexibility index (Phi) is 3.12. The Balaban J connectivity index is 2.39. The van der Waals surface area contributed by atoms with Gasteiger partial charge in [-0.3, -0.25) is 0 Å². The maximum atomic E-state index is 5.96. The highest BCUT2D eigenvalue weighted by atomic mass is 14.8. The molecule has 1 rings (SSSR count). The Morgan fingerprint density at radius 1 is 1.54 bits per heavy atom. The largest absolute Gasteiger partial charge is 0.364 e. The van der Waals surface area contributed by atoms with Crippen LogP contribution in [0.2, 0.25) is 0 Å². The van der Waals surface area contributed by atoms with E-state index >= 15 is 0 Å². The number of aromatic amines is 1. The molecule has 1 aromatic rings. The van der Waals surface area contributed by atoms with Crippen molar-refractivity contribution >= 4 is 0 Å². The molecule has 74 valence electrons. The van der Waals surface area contributed by atoms with Crippen molar-refractivity contribution in [1.82, 2.24) is 4.98 Å². The molecule has 0 saturated heterocycles. The summed E-state index contributed by atoms with van der Waals surface area (Å²) in [5, 5.41) is 0. The molecule has 13 heavy (non-hydrogen) atoms. The molecule has 1 aromatic heterocycles. The highest BCUT2D eigenvalue weighted by Crippen LogP contribution is 2.17. The predicted octanol–water partition coefficient (Wildman–Crippen LogP) is 1.53. The lowest BCUT2D eigenvalue weighted by molar-refractivity contribution is 0.431. The Labute approximate surface area is 79.5 Å². The van der Waals surface area contributed by atoms with Crippen molar-refractivity contribution < 1.29 is 0 Å². The molecule has 1 unspecified atom stereocenters. The molecule has 0 fully saturated rings. The lowest BCUT2D eigenvalue weighted by Gasteiger charge is -2.20. The molecule has 3 nitrogen and oxygen atoms in total. The molecule has 0 spiro atoms. The third kappa shape index (κ3) is 3.61. The standard InChI is InChI=1S/C10H19N3/c1-10(2,12)6-5-8(11)9-4-3-7-13-9/h3-4,7-8,13H,5-6,11-12H2,1-2H3. The molecule has 0 aliphatic rings. The lowest BCUT2D eigenvalue weighted by Crippen LogP contribution is -2.32. The summed E-state index contributed by atoms with van der Waals surface area (Å²) < 4.78 is 0. The molecule has 5 N–H and O–H groups in total. The molecule has 0 amide bonds. The highest BCUT2D eigenvalue weighted by Gasteiger charge is 2.14. The fourth-order valence-electron chi connectivity index (χ4n) is 1.26. The number of hydrogen-bond acceptors (Lipinski definition) is 2. The topological polar surface area (TPSA) is 67.8 Å². The van der Waals surface area contributed by atoms with Gasteiger partial charge in [-0.25, -0.2) is 0 Å². The van der Waals surface area contributed by atoms with Crippen LogP contribution >= 0.6 is 0 Å². The molecule has 3 heteroatoms. The number of hydrogen-bond donors (Lipinski definition) is 3. The summed E-state index contributed by atoms with van der Waals surface area (Å²) in [6.45, 7) is 4.04. The van der Waals surface area contributed by atoms with Crippen molar-refractivity contribution in [1.29, 1.82) is 0 Å². The maximum absolute atomic E-state index is 5.96. The van der Waals surface area contributed by atoms with Gasteiger partial charge in [0.05, 0.1) is 0 Å². The first-order valence-electron chi connectivity index (χ1n) is 4.67. The Morgan fingerprint density at radius 3 is 2.69 bits per heavy atom. The molecule has 0 radical (unpaired) electrons. The van der Waals surface area contributed by atoms with Crippen molar-refractivity contribution in [2.24, 2.45) is 11.5 Å². The van der Waals surface area contributed by atoms with Crippen LogP contribution in [0, 0.1) is 0 Å². The average Bonchev–Trinajstić information content (AvgIpc) is 2.50. The van der Waals surface area contributed by atoms with Gasteiger partial charge in [-0.1, -0.05) is 0 Å². The van der Waals surface area contributed by atoms with Gasteiger partial charge >= 0.3 is 0 Å². The van der Waals surface area contributed by atoms with E-state index in [9.17, 15) is 0 Å². The number of nitrogens with two attached hydrogens (primary N) is 2. The van der Waals surface area contributed by atoms with Crippen molar-refractivity contribution in [3.8, 4) is 0 Å². The van der Waals surface area contributed by atoms with E-state index in [4.69, 9.17) is 11.5 Å². The second-order valence-electron chi connectivity index (χ2n) is 4.26. The monoisotopic (exact) mass is 181 g/mol. The normalized spacial score (nSPS) is 14.5. The van der Waals surface area contributed by atoms with Crippen LogP contribution in [0.5, 0.6) is 0 Å². The van der Waals surface area contributed by atoms with Gasteiger partial charge < -0.3 is 16.5 Å². The van der Waals surface area contributed by atoms with Gasteiger partial charge in [0.1, 0.15) is 0 Å². The fourth-order valence-corrected chi connectivity index (χ4v) is 1.26. The van der Waals surface area contributed by atoms with E-state index in [-0.39, 0.29) is 11.6 Å². The van der Waals surface area contributed by atoms with Crippen molar-refractivity contribution in [2.45, 2.75) is 38.3 Å². The Bertz CT molecular complexity index is 233. The fraction of sp³-hybridized carbons (Fsp3) is 0.600. The van der Waals surface area contributed by atoms with Gasteiger partial charge in [0.15, 0.2) is 0 Å². The van der Waals surface area contributed by atoms with Gasteiger partial charge in [-0.2, -0.15) is 0 Å². The van der Waals surface area contributed by atoms with Crippen molar-refractivity contribution in [3.63, 3.8) is 0 Å². The van der Waals surface area contributed by atoms with Crippen LogP contribution in [0.25, 0.3) is 0 Å². The minimum atomic E-state index is -0.121. The predicted molar refractivity (Wildman–Crippen MR) is 55.2 cm³/mol. The van der Waals surface area contributed by atoms with Crippen LogP contribution in [0.3, 0.4) is 0 Å². The van der Waals surface area contributed by atoms with E-state index in [1.54, 1.807) is 0 Å². The third-order valence-corrected chi connectivity index (χ3v) is 2.12. The number of nitrogens with one attached hydrogen (secondary N) is 1. The molecule has 0 saturated carbocycles. The quantitative estimate of drug-likeness (QED) is 0.659. The van der Waals surface area contributed by atoms with Crippen LogP contribution in [0.4, 0.5) is 0 Å².